The number of nitrogens with one attached hydrogen (secondary N) is 2. The number of nitrogens with zero attached hydrogens (tertiary/aromatic N) is 2. The van der Waals surface area contributed by atoms with E-state index >= 15 is 0 Å². The van der Waals surface area contributed by atoms with Gasteiger partial charge in [-0.25, -0.2) is 4.98 Å². The molecule has 2 N–H and O–H groups in total. The van der Waals surface area contributed by atoms with Crippen molar-refractivity contribution in [2.75, 3.05) is 11.9 Å². The number of rotatable bonds is 8. The average Bonchev–Trinajstić information content (AvgIpc) is 2.65. The number of hydrogen-bond donors (Lipinski definition) is 2. The van der Waals surface area contributed by atoms with Crippen LogP contribution in [-0.2, 0) is 14.4 Å². The first-order valence-corrected chi connectivity index (χ1v) is 9.75. The van der Waals surface area contributed by atoms with E-state index in [1.165, 1.54) is 6.42 Å². The second kappa shape index (κ2) is 10.6. The van der Waals surface area contributed by atoms with E-state index in [1.807, 2.05) is 13.8 Å². The minimum atomic E-state index is -0.253. The molecule has 2 rings (SSSR count). The fraction of sp³-hybridized carbons (Fsp3) is 0.600. The maximum absolute atomic E-state index is 12.8. The molecule has 1 fully saturated rings. The number of carbonyl (C=O) groups is 3. The number of amides is 3. The van der Waals surface area contributed by atoms with Crippen LogP contribution >= 0.6 is 0 Å². The molecule has 0 aromatic carbocycles. The van der Waals surface area contributed by atoms with Crippen molar-refractivity contribution in [1.29, 1.82) is 0 Å². The van der Waals surface area contributed by atoms with Gasteiger partial charge in [0.1, 0.15) is 5.82 Å². The van der Waals surface area contributed by atoms with Crippen molar-refractivity contribution in [2.45, 2.75) is 70.9 Å². The fourth-order valence-electron chi connectivity index (χ4n) is 3.34. The molecule has 27 heavy (non-hydrogen) atoms. The lowest BCUT2D eigenvalue weighted by Gasteiger charge is -2.34. The lowest BCUT2D eigenvalue weighted by Crippen LogP contribution is -2.48. The highest BCUT2D eigenvalue weighted by Crippen LogP contribution is 2.23. The maximum Gasteiger partial charge on any atom is 0.239 e. The molecule has 1 heterocycles. The Labute approximate surface area is 160 Å². The molecular weight excluding hydrogens is 344 g/mol. The topological polar surface area (TPSA) is 91.4 Å². The van der Waals surface area contributed by atoms with Crippen LogP contribution in [0.15, 0.2) is 24.4 Å². The van der Waals surface area contributed by atoms with Gasteiger partial charge in [-0.05, 0) is 38.8 Å². The minimum Gasteiger partial charge on any atom is -0.352 e. The van der Waals surface area contributed by atoms with E-state index in [1.54, 1.807) is 29.3 Å². The summed E-state index contributed by atoms with van der Waals surface area (Å²) in [4.78, 5) is 42.8. The Morgan fingerprint density at radius 3 is 2.48 bits per heavy atom. The molecule has 1 saturated carbocycles. The molecule has 1 aliphatic rings. The molecular formula is C20H30N4O3. The van der Waals surface area contributed by atoms with Crippen molar-refractivity contribution in [3.05, 3.63) is 24.4 Å². The maximum atomic E-state index is 12.8. The molecule has 0 bridgehead atoms. The molecule has 1 aliphatic carbocycles. The van der Waals surface area contributed by atoms with Crippen LogP contribution in [0.4, 0.5) is 5.82 Å². The summed E-state index contributed by atoms with van der Waals surface area (Å²) in [7, 11) is 0. The highest BCUT2D eigenvalue weighted by Gasteiger charge is 2.27. The number of aromatic nitrogens is 1. The first kappa shape index (κ1) is 20.9. The van der Waals surface area contributed by atoms with Gasteiger partial charge in [0.05, 0.1) is 6.54 Å². The van der Waals surface area contributed by atoms with Gasteiger partial charge >= 0.3 is 0 Å². The second-order valence-electron chi connectivity index (χ2n) is 7.30. The first-order chi connectivity index (χ1) is 13.0. The van der Waals surface area contributed by atoms with Gasteiger partial charge in [-0.3, -0.25) is 14.4 Å². The Kier molecular flexibility index (Phi) is 8.23. The molecule has 148 valence electrons. The fourth-order valence-corrected chi connectivity index (χ4v) is 3.34. The largest absolute Gasteiger partial charge is 0.352 e. The Hall–Kier alpha value is -2.44. The summed E-state index contributed by atoms with van der Waals surface area (Å²) in [6.07, 6.45) is 6.90. The Morgan fingerprint density at radius 1 is 1.11 bits per heavy atom. The van der Waals surface area contributed by atoms with E-state index in [-0.39, 0.29) is 49.2 Å². The third-order valence-corrected chi connectivity index (χ3v) is 4.60. The quantitative estimate of drug-likeness (QED) is 0.731. The molecule has 7 heteroatoms. The highest BCUT2D eigenvalue weighted by molar-refractivity contribution is 5.93. The smallest absolute Gasteiger partial charge is 0.239 e. The van der Waals surface area contributed by atoms with Crippen LogP contribution in [0.5, 0.6) is 0 Å². The van der Waals surface area contributed by atoms with Crippen molar-refractivity contribution in [3.8, 4) is 0 Å². The van der Waals surface area contributed by atoms with Gasteiger partial charge in [0, 0.05) is 31.1 Å². The summed E-state index contributed by atoms with van der Waals surface area (Å²) in [5.41, 5.74) is 0. The van der Waals surface area contributed by atoms with Gasteiger partial charge in [-0.2, -0.15) is 0 Å². The van der Waals surface area contributed by atoms with E-state index in [0.717, 1.165) is 25.7 Å². The van der Waals surface area contributed by atoms with Gasteiger partial charge in [-0.15, -0.1) is 0 Å². The molecule has 0 saturated heterocycles. The zero-order valence-corrected chi connectivity index (χ0v) is 16.2. The van der Waals surface area contributed by atoms with Crippen LogP contribution in [-0.4, -0.2) is 46.2 Å². The molecule has 0 radical (unpaired) electrons. The predicted octanol–water partition coefficient (Wildman–Crippen LogP) is 2.49. The van der Waals surface area contributed by atoms with Crippen molar-refractivity contribution in [2.24, 2.45) is 0 Å². The molecule has 0 spiro atoms. The van der Waals surface area contributed by atoms with E-state index < -0.39 is 0 Å². The Bertz CT molecular complexity index is 627. The van der Waals surface area contributed by atoms with Gasteiger partial charge in [0.15, 0.2) is 0 Å². The zero-order valence-electron chi connectivity index (χ0n) is 16.2. The predicted molar refractivity (Wildman–Crippen MR) is 104 cm³/mol. The highest BCUT2D eigenvalue weighted by atomic mass is 16.2. The number of pyridine rings is 1. The van der Waals surface area contributed by atoms with E-state index in [0.29, 0.717) is 5.82 Å². The van der Waals surface area contributed by atoms with Gasteiger partial charge in [0.2, 0.25) is 17.7 Å². The normalized spacial score (nSPS) is 14.6. The zero-order chi connectivity index (χ0) is 19.6. The number of carbonyl (C=O) groups excluding carboxylic acids is 3. The third kappa shape index (κ3) is 7.37. The lowest BCUT2D eigenvalue weighted by molar-refractivity contribution is -0.140. The summed E-state index contributed by atoms with van der Waals surface area (Å²) in [5.74, 6) is -0.0773. The van der Waals surface area contributed by atoms with Crippen molar-refractivity contribution in [3.63, 3.8) is 0 Å². The first-order valence-electron chi connectivity index (χ1n) is 9.75. The SMILES string of the molecule is CC(C)NC(=O)CN(C(=O)CCC(=O)Nc1ccccn1)C1CCCCC1. The monoisotopic (exact) mass is 374 g/mol. The Balaban J connectivity index is 1.91. The summed E-state index contributed by atoms with van der Waals surface area (Å²) in [5, 5.41) is 5.53. The summed E-state index contributed by atoms with van der Waals surface area (Å²) >= 11 is 0. The average molecular weight is 374 g/mol. The van der Waals surface area contributed by atoms with E-state index in [9.17, 15) is 14.4 Å². The van der Waals surface area contributed by atoms with Crippen LogP contribution in [0.2, 0.25) is 0 Å². The van der Waals surface area contributed by atoms with Crippen molar-refractivity contribution in [1.82, 2.24) is 15.2 Å². The van der Waals surface area contributed by atoms with Crippen LogP contribution in [0.25, 0.3) is 0 Å². The van der Waals surface area contributed by atoms with Crippen LogP contribution in [0.3, 0.4) is 0 Å². The molecule has 1 aromatic rings. The summed E-state index contributed by atoms with van der Waals surface area (Å²) < 4.78 is 0. The molecule has 0 aliphatic heterocycles. The van der Waals surface area contributed by atoms with Gasteiger partial charge in [0.25, 0.3) is 0 Å². The molecule has 0 unspecified atom stereocenters. The number of hydrogen-bond acceptors (Lipinski definition) is 4. The standard InChI is InChI=1S/C20H30N4O3/c1-15(2)22-19(26)14-24(16-8-4-3-5-9-16)20(27)12-11-18(25)23-17-10-6-7-13-21-17/h6-7,10,13,15-16H,3-5,8-9,11-12,14H2,1-2H3,(H,22,26)(H,21,23,25). The van der Waals surface area contributed by atoms with Gasteiger partial charge < -0.3 is 15.5 Å². The Morgan fingerprint density at radius 2 is 1.85 bits per heavy atom. The van der Waals surface area contributed by atoms with E-state index in [4.69, 9.17) is 0 Å². The minimum absolute atomic E-state index is 0.0324. The second-order valence-corrected chi connectivity index (χ2v) is 7.30. The lowest BCUT2D eigenvalue weighted by atomic mass is 9.93. The molecule has 7 nitrogen and oxygen atoms in total. The molecule has 3 amide bonds. The van der Waals surface area contributed by atoms with Crippen LogP contribution < -0.4 is 10.6 Å². The van der Waals surface area contributed by atoms with Gasteiger partial charge in [-0.1, -0.05) is 25.3 Å². The number of anilines is 1. The van der Waals surface area contributed by atoms with Crippen LogP contribution in [0.1, 0.15) is 58.8 Å². The van der Waals surface area contributed by atoms with E-state index in [2.05, 4.69) is 15.6 Å². The summed E-state index contributed by atoms with van der Waals surface area (Å²) in [6.45, 7) is 3.85. The van der Waals surface area contributed by atoms with Crippen molar-refractivity contribution >= 4 is 23.5 Å². The third-order valence-electron chi connectivity index (χ3n) is 4.60. The molecule has 0 atom stereocenters. The molecule has 1 aromatic heterocycles. The van der Waals surface area contributed by atoms with Crippen molar-refractivity contribution < 1.29 is 14.4 Å². The van der Waals surface area contributed by atoms with Crippen LogP contribution in [0, 0.1) is 0 Å². The summed E-state index contributed by atoms with van der Waals surface area (Å²) in [6, 6.07) is 5.37.